The Morgan fingerprint density at radius 1 is 1.16 bits per heavy atom. The summed E-state index contributed by atoms with van der Waals surface area (Å²) in [5, 5.41) is 4.82. The SMILES string of the molecule is COc1ccc2[nH]c(=O)c(CN(Cc3ccc4c(c3)OCO4)C(=S)NCC(C)C)cc2c1. The van der Waals surface area contributed by atoms with Crippen LogP contribution in [0.5, 0.6) is 17.2 Å². The van der Waals surface area contributed by atoms with E-state index in [4.69, 9.17) is 26.4 Å². The zero-order valence-electron chi connectivity index (χ0n) is 18.4. The van der Waals surface area contributed by atoms with Gasteiger partial charge in [0.15, 0.2) is 16.6 Å². The molecule has 2 aromatic carbocycles. The number of aromatic amines is 1. The molecule has 0 fully saturated rings. The average Bonchev–Trinajstić information content (AvgIpc) is 3.25. The van der Waals surface area contributed by atoms with Crippen molar-refractivity contribution >= 4 is 28.2 Å². The maximum atomic E-state index is 12.8. The molecule has 4 rings (SSSR count). The van der Waals surface area contributed by atoms with E-state index in [2.05, 4.69) is 24.1 Å². The van der Waals surface area contributed by atoms with Crippen molar-refractivity contribution in [2.24, 2.45) is 5.92 Å². The Labute approximate surface area is 192 Å². The molecule has 0 bridgehead atoms. The predicted octanol–water partition coefficient (Wildman–Crippen LogP) is 3.80. The Balaban J connectivity index is 1.62. The van der Waals surface area contributed by atoms with E-state index in [0.717, 1.165) is 40.3 Å². The molecule has 2 heterocycles. The van der Waals surface area contributed by atoms with E-state index in [0.29, 0.717) is 29.7 Å². The van der Waals surface area contributed by atoms with Gasteiger partial charge < -0.3 is 29.4 Å². The lowest BCUT2D eigenvalue weighted by atomic mass is 10.1. The van der Waals surface area contributed by atoms with E-state index in [1.165, 1.54) is 0 Å². The number of rotatable bonds is 7. The quantitative estimate of drug-likeness (QED) is 0.527. The highest BCUT2D eigenvalue weighted by atomic mass is 32.1. The number of thiocarbonyl (C=S) groups is 1. The van der Waals surface area contributed by atoms with Crippen molar-refractivity contribution in [2.45, 2.75) is 26.9 Å². The van der Waals surface area contributed by atoms with Gasteiger partial charge in [-0.1, -0.05) is 19.9 Å². The smallest absolute Gasteiger partial charge is 0.253 e. The summed E-state index contributed by atoms with van der Waals surface area (Å²) in [5.41, 5.74) is 2.27. The monoisotopic (exact) mass is 453 g/mol. The van der Waals surface area contributed by atoms with Crippen LogP contribution in [0.4, 0.5) is 0 Å². The second-order valence-corrected chi connectivity index (χ2v) is 8.59. The molecule has 0 unspecified atom stereocenters. The molecular weight excluding hydrogens is 426 g/mol. The van der Waals surface area contributed by atoms with Crippen molar-refractivity contribution in [1.82, 2.24) is 15.2 Å². The molecule has 0 saturated heterocycles. The van der Waals surface area contributed by atoms with Crippen molar-refractivity contribution in [3.8, 4) is 17.2 Å². The maximum absolute atomic E-state index is 12.8. The van der Waals surface area contributed by atoms with Crippen LogP contribution in [0.25, 0.3) is 10.9 Å². The van der Waals surface area contributed by atoms with Crippen LogP contribution in [0, 0.1) is 5.92 Å². The number of nitrogens with one attached hydrogen (secondary N) is 2. The van der Waals surface area contributed by atoms with Crippen molar-refractivity contribution in [3.05, 3.63) is 63.9 Å². The molecule has 0 amide bonds. The summed E-state index contributed by atoms with van der Waals surface area (Å²) in [4.78, 5) is 17.8. The summed E-state index contributed by atoms with van der Waals surface area (Å²) in [7, 11) is 1.62. The van der Waals surface area contributed by atoms with Gasteiger partial charge in [0.25, 0.3) is 5.56 Å². The first-order valence-corrected chi connectivity index (χ1v) is 10.9. The topological polar surface area (TPSA) is 75.8 Å². The van der Waals surface area contributed by atoms with Crippen molar-refractivity contribution in [1.29, 1.82) is 0 Å². The first-order valence-electron chi connectivity index (χ1n) is 10.5. The van der Waals surface area contributed by atoms with Gasteiger partial charge in [0.2, 0.25) is 6.79 Å². The molecule has 0 spiro atoms. The summed E-state index contributed by atoms with van der Waals surface area (Å²) < 4.78 is 16.3. The van der Waals surface area contributed by atoms with Gasteiger partial charge in [0.1, 0.15) is 5.75 Å². The number of ether oxygens (including phenoxy) is 3. The van der Waals surface area contributed by atoms with Crippen LogP contribution in [0.1, 0.15) is 25.0 Å². The number of H-pyrrole nitrogens is 1. The lowest BCUT2D eigenvalue weighted by molar-refractivity contribution is 0.174. The lowest BCUT2D eigenvalue weighted by Gasteiger charge is -2.26. The predicted molar refractivity (Wildman–Crippen MR) is 128 cm³/mol. The standard InChI is InChI=1S/C24H27N3O4S/c1-15(2)11-25-24(32)27(12-16-4-7-21-22(8-16)31-14-30-21)13-18-9-17-10-19(29-3)5-6-20(17)26-23(18)28/h4-10,15H,11-14H2,1-3H3,(H,25,32)(H,26,28). The highest BCUT2D eigenvalue weighted by Gasteiger charge is 2.18. The third kappa shape index (κ3) is 4.96. The average molecular weight is 454 g/mol. The summed E-state index contributed by atoms with van der Waals surface area (Å²) in [6, 6.07) is 13.3. The first kappa shape index (κ1) is 22.0. The van der Waals surface area contributed by atoms with E-state index in [1.807, 2.05) is 47.4 Å². The normalized spacial score (nSPS) is 12.2. The number of pyridine rings is 1. The van der Waals surface area contributed by atoms with Gasteiger partial charge in [-0.15, -0.1) is 0 Å². The lowest BCUT2D eigenvalue weighted by Crippen LogP contribution is -2.41. The molecule has 32 heavy (non-hydrogen) atoms. The second-order valence-electron chi connectivity index (χ2n) is 8.20. The molecule has 2 N–H and O–H groups in total. The Hall–Kier alpha value is -3.26. The molecular formula is C24H27N3O4S. The summed E-state index contributed by atoms with van der Waals surface area (Å²) in [6.45, 7) is 6.12. The van der Waals surface area contributed by atoms with E-state index in [1.54, 1.807) is 7.11 Å². The number of benzene rings is 2. The zero-order valence-corrected chi connectivity index (χ0v) is 19.3. The number of hydrogen-bond acceptors (Lipinski definition) is 5. The molecule has 1 aromatic heterocycles. The minimum atomic E-state index is -0.134. The Bertz CT molecular complexity index is 1190. The Kier molecular flexibility index (Phi) is 6.50. The third-order valence-electron chi connectivity index (χ3n) is 5.25. The van der Waals surface area contributed by atoms with Gasteiger partial charge in [-0.05, 0) is 60.1 Å². The first-order chi connectivity index (χ1) is 15.4. The van der Waals surface area contributed by atoms with Crippen molar-refractivity contribution in [3.63, 3.8) is 0 Å². The molecule has 0 atom stereocenters. The van der Waals surface area contributed by atoms with Crippen LogP contribution in [0.3, 0.4) is 0 Å². The fourth-order valence-electron chi connectivity index (χ4n) is 3.54. The second kappa shape index (κ2) is 9.48. The molecule has 168 valence electrons. The van der Waals surface area contributed by atoms with E-state index in [-0.39, 0.29) is 12.4 Å². The van der Waals surface area contributed by atoms with Gasteiger partial charge in [0.05, 0.1) is 13.7 Å². The van der Waals surface area contributed by atoms with Crippen molar-refractivity contribution < 1.29 is 14.2 Å². The van der Waals surface area contributed by atoms with Crippen molar-refractivity contribution in [2.75, 3.05) is 20.4 Å². The largest absolute Gasteiger partial charge is 0.497 e. The summed E-state index contributed by atoms with van der Waals surface area (Å²) in [5.74, 6) is 2.64. The van der Waals surface area contributed by atoms with E-state index >= 15 is 0 Å². The molecule has 0 aliphatic carbocycles. The number of nitrogens with zero attached hydrogens (tertiary/aromatic N) is 1. The van der Waals surface area contributed by atoms with Crippen LogP contribution in [0.15, 0.2) is 47.3 Å². The van der Waals surface area contributed by atoms with Crippen LogP contribution < -0.4 is 25.1 Å². The van der Waals surface area contributed by atoms with Gasteiger partial charge in [-0.3, -0.25) is 4.79 Å². The fourth-order valence-corrected chi connectivity index (χ4v) is 3.75. The Morgan fingerprint density at radius 2 is 1.97 bits per heavy atom. The number of fused-ring (bicyclic) bond motifs is 2. The van der Waals surface area contributed by atoms with Crippen LogP contribution in [-0.2, 0) is 13.1 Å². The van der Waals surface area contributed by atoms with Gasteiger partial charge in [0, 0.05) is 29.6 Å². The zero-order chi connectivity index (χ0) is 22.7. The molecule has 1 aliphatic rings. The number of hydrogen-bond donors (Lipinski definition) is 2. The van der Waals surface area contributed by atoms with Crippen LogP contribution in [0.2, 0.25) is 0 Å². The highest BCUT2D eigenvalue weighted by molar-refractivity contribution is 7.80. The highest BCUT2D eigenvalue weighted by Crippen LogP contribution is 2.33. The van der Waals surface area contributed by atoms with Crippen LogP contribution in [-0.4, -0.2) is 35.4 Å². The Morgan fingerprint density at radius 3 is 2.75 bits per heavy atom. The minimum absolute atomic E-state index is 0.134. The molecule has 7 nitrogen and oxygen atoms in total. The third-order valence-corrected chi connectivity index (χ3v) is 5.65. The summed E-state index contributed by atoms with van der Waals surface area (Å²) >= 11 is 5.70. The molecule has 1 aliphatic heterocycles. The summed E-state index contributed by atoms with van der Waals surface area (Å²) in [6.07, 6.45) is 0. The van der Waals surface area contributed by atoms with Gasteiger partial charge >= 0.3 is 0 Å². The molecule has 0 saturated carbocycles. The van der Waals surface area contributed by atoms with Gasteiger partial charge in [-0.2, -0.15) is 0 Å². The maximum Gasteiger partial charge on any atom is 0.253 e. The molecule has 8 heteroatoms. The minimum Gasteiger partial charge on any atom is -0.497 e. The molecule has 0 radical (unpaired) electrons. The van der Waals surface area contributed by atoms with Crippen LogP contribution >= 0.6 is 12.2 Å². The van der Waals surface area contributed by atoms with E-state index in [9.17, 15) is 4.79 Å². The fraction of sp³-hybridized carbons (Fsp3) is 0.333. The van der Waals surface area contributed by atoms with E-state index < -0.39 is 0 Å². The molecule has 3 aromatic rings. The number of aromatic nitrogens is 1. The van der Waals surface area contributed by atoms with Gasteiger partial charge in [-0.25, -0.2) is 0 Å². The number of methoxy groups -OCH3 is 1.